The van der Waals surface area contributed by atoms with Gasteiger partial charge in [0.25, 0.3) is 0 Å². The molecule has 0 aliphatic carbocycles. The van der Waals surface area contributed by atoms with E-state index in [0.717, 1.165) is 32.7 Å². The fourth-order valence-electron chi connectivity index (χ4n) is 2.26. The second kappa shape index (κ2) is 6.18. The fourth-order valence-corrected chi connectivity index (χ4v) is 3.91. The largest absolute Gasteiger partial charge is 0.392 e. The van der Waals surface area contributed by atoms with Crippen molar-refractivity contribution in [1.29, 1.82) is 0 Å². The molecule has 1 aliphatic rings. The van der Waals surface area contributed by atoms with E-state index in [1.165, 1.54) is 9.35 Å². The first-order valence-corrected chi connectivity index (χ1v) is 8.48. The third-order valence-electron chi connectivity index (χ3n) is 3.82. The molecule has 2 N–H and O–H groups in total. The first kappa shape index (κ1) is 15.4. The van der Waals surface area contributed by atoms with Crippen molar-refractivity contribution >= 4 is 44.5 Å². The summed E-state index contributed by atoms with van der Waals surface area (Å²) in [4.78, 5) is 6.86. The van der Waals surface area contributed by atoms with Gasteiger partial charge in [-0.05, 0) is 41.2 Å². The van der Waals surface area contributed by atoms with E-state index < -0.39 is 0 Å². The SMILES string of the molecule is CC(C)(C(N)=S)N1CCN(Cc2sccc2Br)CC1. The van der Waals surface area contributed by atoms with Crippen LogP contribution in [0.15, 0.2) is 15.9 Å². The minimum atomic E-state index is -0.176. The second-order valence-corrected chi connectivity index (χ2v) is 7.67. The van der Waals surface area contributed by atoms with Crippen molar-refractivity contribution in [3.63, 3.8) is 0 Å². The molecular formula is C13H20BrN3S2. The number of rotatable bonds is 4. The zero-order valence-electron chi connectivity index (χ0n) is 11.4. The number of nitrogens with zero attached hydrogens (tertiary/aromatic N) is 2. The molecule has 1 aromatic rings. The summed E-state index contributed by atoms with van der Waals surface area (Å²) in [7, 11) is 0. The maximum atomic E-state index is 5.84. The molecule has 6 heteroatoms. The molecule has 0 bridgehead atoms. The lowest BCUT2D eigenvalue weighted by molar-refractivity contribution is 0.0826. The monoisotopic (exact) mass is 361 g/mol. The topological polar surface area (TPSA) is 32.5 Å². The van der Waals surface area contributed by atoms with Gasteiger partial charge >= 0.3 is 0 Å². The standard InChI is InChI=1S/C13H20BrN3S2/c1-13(2,12(15)18)17-6-4-16(5-7-17)9-11-10(14)3-8-19-11/h3,8H,4-7,9H2,1-2H3,(H2,15,18). The van der Waals surface area contributed by atoms with Crippen LogP contribution in [0.2, 0.25) is 0 Å². The van der Waals surface area contributed by atoms with Gasteiger partial charge in [-0.1, -0.05) is 12.2 Å². The molecule has 19 heavy (non-hydrogen) atoms. The summed E-state index contributed by atoms with van der Waals surface area (Å²) in [5, 5.41) is 2.13. The highest BCUT2D eigenvalue weighted by Gasteiger charge is 2.32. The number of thiocarbonyl (C=S) groups is 1. The Kier molecular flexibility index (Phi) is 5.00. The molecule has 0 saturated carbocycles. The highest BCUT2D eigenvalue weighted by Crippen LogP contribution is 2.25. The Balaban J connectivity index is 1.89. The molecule has 0 aromatic carbocycles. The molecule has 0 spiro atoms. The summed E-state index contributed by atoms with van der Waals surface area (Å²) >= 11 is 10.6. The van der Waals surface area contributed by atoms with Crippen LogP contribution in [0.4, 0.5) is 0 Å². The predicted octanol–water partition coefficient (Wildman–Crippen LogP) is 2.69. The Bertz CT molecular complexity index is 450. The van der Waals surface area contributed by atoms with Gasteiger partial charge < -0.3 is 5.73 Å². The molecule has 1 aromatic heterocycles. The van der Waals surface area contributed by atoms with Crippen LogP contribution < -0.4 is 5.73 Å². The van der Waals surface area contributed by atoms with Crippen LogP contribution in [0.5, 0.6) is 0 Å². The zero-order chi connectivity index (χ0) is 14.0. The number of hydrogen-bond donors (Lipinski definition) is 1. The van der Waals surface area contributed by atoms with Crippen molar-refractivity contribution in [3.05, 3.63) is 20.8 Å². The summed E-state index contributed by atoms with van der Waals surface area (Å²) in [5.41, 5.74) is 5.66. The van der Waals surface area contributed by atoms with Crippen LogP contribution in [-0.2, 0) is 6.54 Å². The summed E-state index contributed by atoms with van der Waals surface area (Å²) in [6.45, 7) is 9.43. The van der Waals surface area contributed by atoms with Crippen molar-refractivity contribution in [2.75, 3.05) is 26.2 Å². The summed E-state index contributed by atoms with van der Waals surface area (Å²) < 4.78 is 1.23. The molecule has 0 atom stereocenters. The predicted molar refractivity (Wildman–Crippen MR) is 89.7 cm³/mol. The lowest BCUT2D eigenvalue weighted by atomic mass is 10.0. The lowest BCUT2D eigenvalue weighted by Gasteiger charge is -2.43. The van der Waals surface area contributed by atoms with Gasteiger partial charge in [-0.25, -0.2) is 0 Å². The van der Waals surface area contributed by atoms with Gasteiger partial charge in [0.2, 0.25) is 0 Å². The minimum Gasteiger partial charge on any atom is -0.392 e. The van der Waals surface area contributed by atoms with Crippen LogP contribution >= 0.6 is 39.5 Å². The van der Waals surface area contributed by atoms with Crippen molar-refractivity contribution in [1.82, 2.24) is 9.80 Å². The Morgan fingerprint density at radius 2 is 2.05 bits per heavy atom. The number of nitrogens with two attached hydrogens (primary N) is 1. The number of hydrogen-bond acceptors (Lipinski definition) is 4. The molecule has 1 fully saturated rings. The fraction of sp³-hybridized carbons (Fsp3) is 0.615. The van der Waals surface area contributed by atoms with E-state index in [9.17, 15) is 0 Å². The molecular weight excluding hydrogens is 342 g/mol. The van der Waals surface area contributed by atoms with Crippen molar-refractivity contribution in [3.8, 4) is 0 Å². The van der Waals surface area contributed by atoms with Crippen molar-refractivity contribution in [2.24, 2.45) is 5.73 Å². The van der Waals surface area contributed by atoms with Crippen LogP contribution in [-0.4, -0.2) is 46.5 Å². The molecule has 2 heterocycles. The van der Waals surface area contributed by atoms with E-state index >= 15 is 0 Å². The second-order valence-electron chi connectivity index (χ2n) is 5.38. The molecule has 2 rings (SSSR count). The third-order valence-corrected chi connectivity index (χ3v) is 6.23. The maximum absolute atomic E-state index is 5.84. The molecule has 3 nitrogen and oxygen atoms in total. The average Bonchev–Trinajstić information content (AvgIpc) is 2.75. The number of thiophene rings is 1. The first-order valence-electron chi connectivity index (χ1n) is 6.40. The van der Waals surface area contributed by atoms with Crippen molar-refractivity contribution in [2.45, 2.75) is 25.9 Å². The smallest absolute Gasteiger partial charge is 0.0928 e. The minimum absolute atomic E-state index is 0.176. The van der Waals surface area contributed by atoms with Crippen LogP contribution in [0.1, 0.15) is 18.7 Å². The number of halogens is 1. The summed E-state index contributed by atoms with van der Waals surface area (Å²) in [6, 6.07) is 2.12. The van der Waals surface area contributed by atoms with E-state index in [1.54, 1.807) is 0 Å². The van der Waals surface area contributed by atoms with Crippen molar-refractivity contribution < 1.29 is 0 Å². The van der Waals surface area contributed by atoms with E-state index in [4.69, 9.17) is 18.0 Å². The molecule has 0 amide bonds. The Hall–Kier alpha value is -0.0100. The van der Waals surface area contributed by atoms with E-state index in [1.807, 2.05) is 11.3 Å². The van der Waals surface area contributed by atoms with Crippen LogP contribution in [0, 0.1) is 0 Å². The Morgan fingerprint density at radius 1 is 1.42 bits per heavy atom. The van der Waals surface area contributed by atoms with E-state index in [-0.39, 0.29) is 5.54 Å². The Morgan fingerprint density at radius 3 is 2.53 bits per heavy atom. The van der Waals surface area contributed by atoms with Gasteiger partial charge in [0.1, 0.15) is 0 Å². The van der Waals surface area contributed by atoms with Gasteiger partial charge in [-0.2, -0.15) is 0 Å². The van der Waals surface area contributed by atoms with Gasteiger partial charge in [0.15, 0.2) is 0 Å². The number of piperazine rings is 1. The van der Waals surface area contributed by atoms with Gasteiger partial charge in [0, 0.05) is 42.1 Å². The molecule has 0 radical (unpaired) electrons. The zero-order valence-corrected chi connectivity index (χ0v) is 14.6. The van der Waals surface area contributed by atoms with Gasteiger partial charge in [-0.15, -0.1) is 11.3 Å². The van der Waals surface area contributed by atoms with Crippen LogP contribution in [0.3, 0.4) is 0 Å². The Labute approximate surface area is 132 Å². The van der Waals surface area contributed by atoms with Crippen LogP contribution in [0.25, 0.3) is 0 Å². The lowest BCUT2D eigenvalue weighted by Crippen LogP contribution is -2.59. The molecule has 0 unspecified atom stereocenters. The first-order chi connectivity index (χ1) is 8.91. The third kappa shape index (κ3) is 3.55. The highest BCUT2D eigenvalue weighted by atomic mass is 79.9. The average molecular weight is 362 g/mol. The van der Waals surface area contributed by atoms with E-state index in [2.05, 4.69) is 51.0 Å². The highest BCUT2D eigenvalue weighted by molar-refractivity contribution is 9.10. The summed E-state index contributed by atoms with van der Waals surface area (Å²) in [6.07, 6.45) is 0. The maximum Gasteiger partial charge on any atom is 0.0928 e. The van der Waals surface area contributed by atoms with Gasteiger partial charge in [0.05, 0.1) is 10.5 Å². The van der Waals surface area contributed by atoms with E-state index in [0.29, 0.717) is 4.99 Å². The molecule has 1 saturated heterocycles. The molecule has 1 aliphatic heterocycles. The summed E-state index contributed by atoms with van der Waals surface area (Å²) in [5.74, 6) is 0. The normalized spacial score (nSPS) is 18.7. The van der Waals surface area contributed by atoms with Gasteiger partial charge in [-0.3, -0.25) is 9.80 Å². The quantitative estimate of drug-likeness (QED) is 0.835. The molecule has 106 valence electrons.